The number of anilines is 1. The molecule has 1 amide bonds. The first kappa shape index (κ1) is 13.3. The lowest BCUT2D eigenvalue weighted by atomic mass is 10.2. The van der Waals surface area contributed by atoms with Crippen LogP contribution >= 0.6 is 11.6 Å². The van der Waals surface area contributed by atoms with Crippen molar-refractivity contribution >= 4 is 29.3 Å². The molecule has 0 aliphatic heterocycles. The molecule has 2 aromatic rings. The molecular formula is C15H11ClFNO. The number of hydrogen-bond acceptors (Lipinski definition) is 1. The summed E-state index contributed by atoms with van der Waals surface area (Å²) in [6, 6.07) is 13.5. The van der Waals surface area contributed by atoms with Crippen LogP contribution in [0, 0.1) is 5.82 Å². The van der Waals surface area contributed by atoms with Crippen LogP contribution in [0.2, 0.25) is 5.02 Å². The first-order valence-electron chi connectivity index (χ1n) is 5.64. The molecule has 2 aromatic carbocycles. The van der Waals surface area contributed by atoms with Gasteiger partial charge in [0.05, 0.1) is 5.02 Å². The van der Waals surface area contributed by atoms with E-state index in [0.29, 0.717) is 5.69 Å². The maximum Gasteiger partial charge on any atom is 0.248 e. The lowest BCUT2D eigenvalue weighted by molar-refractivity contribution is -0.111. The first-order chi connectivity index (χ1) is 9.15. The van der Waals surface area contributed by atoms with Gasteiger partial charge in [-0.05, 0) is 29.8 Å². The summed E-state index contributed by atoms with van der Waals surface area (Å²) in [7, 11) is 0. The van der Waals surface area contributed by atoms with Gasteiger partial charge in [0, 0.05) is 11.8 Å². The summed E-state index contributed by atoms with van der Waals surface area (Å²) in [5, 5.41) is 2.58. The van der Waals surface area contributed by atoms with Crippen molar-refractivity contribution in [3.8, 4) is 0 Å². The maximum atomic E-state index is 12.9. The van der Waals surface area contributed by atoms with Gasteiger partial charge in [-0.3, -0.25) is 4.79 Å². The molecule has 0 spiro atoms. The van der Waals surface area contributed by atoms with E-state index in [4.69, 9.17) is 11.6 Å². The number of rotatable bonds is 3. The number of hydrogen-bond donors (Lipinski definition) is 1. The van der Waals surface area contributed by atoms with E-state index in [0.717, 1.165) is 5.56 Å². The van der Waals surface area contributed by atoms with Gasteiger partial charge in [-0.2, -0.15) is 0 Å². The van der Waals surface area contributed by atoms with Gasteiger partial charge in [-0.15, -0.1) is 0 Å². The van der Waals surface area contributed by atoms with E-state index in [-0.39, 0.29) is 10.9 Å². The summed E-state index contributed by atoms with van der Waals surface area (Å²) in [5.41, 5.74) is 1.38. The molecule has 0 aliphatic rings. The van der Waals surface area contributed by atoms with E-state index < -0.39 is 5.82 Å². The van der Waals surface area contributed by atoms with E-state index in [9.17, 15) is 9.18 Å². The van der Waals surface area contributed by atoms with Crippen LogP contribution in [0.15, 0.2) is 54.6 Å². The summed E-state index contributed by atoms with van der Waals surface area (Å²) in [5.74, 6) is -0.814. The van der Waals surface area contributed by atoms with Gasteiger partial charge in [0.2, 0.25) is 5.91 Å². The highest BCUT2D eigenvalue weighted by Crippen LogP contribution is 2.19. The fourth-order valence-corrected chi connectivity index (χ4v) is 1.67. The van der Waals surface area contributed by atoms with E-state index in [1.54, 1.807) is 6.08 Å². The molecule has 0 unspecified atom stereocenters. The third-order valence-electron chi connectivity index (χ3n) is 2.41. The zero-order chi connectivity index (χ0) is 13.7. The topological polar surface area (TPSA) is 29.1 Å². The Kier molecular flexibility index (Phi) is 4.31. The van der Waals surface area contributed by atoms with Gasteiger partial charge in [0.15, 0.2) is 0 Å². The van der Waals surface area contributed by atoms with Crippen LogP contribution in [-0.2, 0) is 4.79 Å². The molecule has 0 saturated carbocycles. The third-order valence-corrected chi connectivity index (χ3v) is 2.70. The van der Waals surface area contributed by atoms with Crippen molar-refractivity contribution in [1.29, 1.82) is 0 Å². The molecule has 4 heteroatoms. The third kappa shape index (κ3) is 3.93. The summed E-state index contributed by atoms with van der Waals surface area (Å²) < 4.78 is 12.9. The standard InChI is InChI=1S/C15H11ClFNO/c16-13-10-12(7-8-14(13)17)18-15(19)9-6-11-4-2-1-3-5-11/h1-10H,(H,18,19)/b9-6+. The Morgan fingerprint density at radius 1 is 1.16 bits per heavy atom. The van der Waals surface area contributed by atoms with Crippen LogP contribution in [0.4, 0.5) is 10.1 Å². The van der Waals surface area contributed by atoms with Crippen LogP contribution in [0.3, 0.4) is 0 Å². The summed E-state index contributed by atoms with van der Waals surface area (Å²) in [6.07, 6.45) is 3.10. The van der Waals surface area contributed by atoms with Gasteiger partial charge >= 0.3 is 0 Å². The SMILES string of the molecule is O=C(/C=C/c1ccccc1)Nc1ccc(F)c(Cl)c1. The fourth-order valence-electron chi connectivity index (χ4n) is 1.49. The van der Waals surface area contributed by atoms with Crippen molar-refractivity contribution < 1.29 is 9.18 Å². The zero-order valence-electron chi connectivity index (χ0n) is 9.94. The molecule has 0 saturated heterocycles. The number of carbonyl (C=O) groups is 1. The van der Waals surface area contributed by atoms with Crippen LogP contribution < -0.4 is 5.32 Å². The maximum absolute atomic E-state index is 12.9. The minimum absolute atomic E-state index is 0.0233. The molecule has 0 atom stereocenters. The fraction of sp³-hybridized carbons (Fsp3) is 0. The van der Waals surface area contributed by atoms with Gasteiger partial charge in [0.25, 0.3) is 0 Å². The molecule has 2 nitrogen and oxygen atoms in total. The Balaban J connectivity index is 2.01. The van der Waals surface area contributed by atoms with Crippen LogP contribution in [-0.4, -0.2) is 5.91 Å². The first-order valence-corrected chi connectivity index (χ1v) is 6.02. The quantitative estimate of drug-likeness (QED) is 0.839. The summed E-state index contributed by atoms with van der Waals surface area (Å²) in [6.45, 7) is 0. The minimum Gasteiger partial charge on any atom is -0.322 e. The van der Waals surface area contributed by atoms with E-state index in [1.165, 1.54) is 24.3 Å². The highest BCUT2D eigenvalue weighted by molar-refractivity contribution is 6.31. The summed E-state index contributed by atoms with van der Waals surface area (Å²) in [4.78, 5) is 11.6. The highest BCUT2D eigenvalue weighted by atomic mass is 35.5. The molecule has 0 aromatic heterocycles. The van der Waals surface area contributed by atoms with Crippen LogP contribution in [0.25, 0.3) is 6.08 Å². The number of carbonyl (C=O) groups excluding carboxylic acids is 1. The van der Waals surface area contributed by atoms with Crippen LogP contribution in [0.5, 0.6) is 0 Å². The molecule has 0 heterocycles. The van der Waals surface area contributed by atoms with Crippen molar-refractivity contribution in [1.82, 2.24) is 0 Å². The highest BCUT2D eigenvalue weighted by Gasteiger charge is 2.02. The number of benzene rings is 2. The number of nitrogens with one attached hydrogen (secondary N) is 1. The van der Waals surface area contributed by atoms with Gasteiger partial charge in [-0.1, -0.05) is 41.9 Å². The van der Waals surface area contributed by atoms with E-state index in [2.05, 4.69) is 5.32 Å². The minimum atomic E-state index is -0.514. The molecule has 19 heavy (non-hydrogen) atoms. The Morgan fingerprint density at radius 3 is 2.58 bits per heavy atom. The van der Waals surface area contributed by atoms with Gasteiger partial charge < -0.3 is 5.32 Å². The molecule has 96 valence electrons. The second-order valence-corrected chi connectivity index (χ2v) is 4.27. The Morgan fingerprint density at radius 2 is 1.89 bits per heavy atom. The molecule has 0 aliphatic carbocycles. The second kappa shape index (κ2) is 6.16. The predicted octanol–water partition coefficient (Wildman–Crippen LogP) is 4.13. The van der Waals surface area contributed by atoms with Crippen molar-refractivity contribution in [2.75, 3.05) is 5.32 Å². The Hall–Kier alpha value is -2.13. The second-order valence-electron chi connectivity index (χ2n) is 3.86. The van der Waals surface area contributed by atoms with Gasteiger partial charge in [-0.25, -0.2) is 4.39 Å². The molecule has 0 fully saturated rings. The largest absolute Gasteiger partial charge is 0.322 e. The Bertz CT molecular complexity index is 611. The van der Waals surface area contributed by atoms with E-state index >= 15 is 0 Å². The molecule has 1 N–H and O–H groups in total. The molecule has 2 rings (SSSR count). The molecule has 0 radical (unpaired) electrons. The molecule has 0 bridgehead atoms. The number of amides is 1. The van der Waals surface area contributed by atoms with Crippen LogP contribution in [0.1, 0.15) is 5.56 Å². The lowest BCUT2D eigenvalue weighted by Gasteiger charge is -2.03. The smallest absolute Gasteiger partial charge is 0.248 e. The van der Waals surface area contributed by atoms with Gasteiger partial charge in [0.1, 0.15) is 5.82 Å². The van der Waals surface area contributed by atoms with Crippen molar-refractivity contribution in [2.24, 2.45) is 0 Å². The van der Waals surface area contributed by atoms with Crippen molar-refractivity contribution in [3.63, 3.8) is 0 Å². The Labute approximate surface area is 115 Å². The molecular weight excluding hydrogens is 265 g/mol. The summed E-state index contributed by atoms with van der Waals surface area (Å²) >= 11 is 5.63. The average molecular weight is 276 g/mol. The zero-order valence-corrected chi connectivity index (χ0v) is 10.7. The predicted molar refractivity (Wildman–Crippen MR) is 75.5 cm³/mol. The normalized spacial score (nSPS) is 10.6. The van der Waals surface area contributed by atoms with E-state index in [1.807, 2.05) is 30.3 Å². The number of halogens is 2. The van der Waals surface area contributed by atoms with Crippen molar-refractivity contribution in [3.05, 3.63) is 71.0 Å². The van der Waals surface area contributed by atoms with Crippen molar-refractivity contribution in [2.45, 2.75) is 0 Å². The lowest BCUT2D eigenvalue weighted by Crippen LogP contribution is -2.07. The average Bonchev–Trinajstić information content (AvgIpc) is 2.42. The monoisotopic (exact) mass is 275 g/mol.